The van der Waals surface area contributed by atoms with E-state index in [-0.39, 0.29) is 18.0 Å². The van der Waals surface area contributed by atoms with Gasteiger partial charge in [0.15, 0.2) is 0 Å². The fraction of sp³-hybridized carbons (Fsp3) is 0.833. The minimum atomic E-state index is -0.471. The Hall–Kier alpha value is -1.26. The molecule has 0 spiro atoms. The van der Waals surface area contributed by atoms with E-state index in [9.17, 15) is 9.59 Å². The molecule has 0 aromatic carbocycles. The van der Waals surface area contributed by atoms with E-state index in [1.54, 1.807) is 16.8 Å². The third kappa shape index (κ3) is 3.91. The van der Waals surface area contributed by atoms with Gasteiger partial charge in [-0.2, -0.15) is 0 Å². The van der Waals surface area contributed by atoms with E-state index in [1.807, 2.05) is 20.8 Å². The van der Waals surface area contributed by atoms with Gasteiger partial charge < -0.3 is 14.5 Å². The maximum atomic E-state index is 11.8. The third-order valence-electron chi connectivity index (χ3n) is 2.86. The monoisotopic (exact) mass is 242 g/mol. The highest BCUT2D eigenvalue weighted by Crippen LogP contribution is 2.18. The van der Waals surface area contributed by atoms with Crippen LogP contribution in [0.15, 0.2) is 0 Å². The number of likely N-dealkylation sites (tertiary alicyclic amines) is 1. The lowest BCUT2D eigenvalue weighted by Gasteiger charge is -2.26. The van der Waals surface area contributed by atoms with Crippen molar-refractivity contribution in [2.75, 3.05) is 20.1 Å². The van der Waals surface area contributed by atoms with E-state index in [4.69, 9.17) is 4.74 Å². The molecular weight excluding hydrogens is 220 g/mol. The Morgan fingerprint density at radius 1 is 1.35 bits per heavy atom. The second kappa shape index (κ2) is 4.94. The molecule has 0 aromatic heterocycles. The Balaban J connectivity index is 2.50. The zero-order valence-corrected chi connectivity index (χ0v) is 11.3. The van der Waals surface area contributed by atoms with Gasteiger partial charge in [-0.05, 0) is 27.2 Å². The molecule has 1 fully saturated rings. The molecule has 1 unspecified atom stereocenters. The lowest BCUT2D eigenvalue weighted by Crippen LogP contribution is -2.40. The number of carbonyl (C=O) groups is 2. The van der Waals surface area contributed by atoms with Crippen LogP contribution in [-0.4, -0.2) is 53.6 Å². The van der Waals surface area contributed by atoms with Gasteiger partial charge in [-0.15, -0.1) is 0 Å². The van der Waals surface area contributed by atoms with E-state index in [1.165, 1.54) is 6.92 Å². The number of rotatable bonds is 1. The fourth-order valence-corrected chi connectivity index (χ4v) is 1.81. The van der Waals surface area contributed by atoms with Crippen molar-refractivity contribution in [3.8, 4) is 0 Å². The Kier molecular flexibility index (Phi) is 4.01. The summed E-state index contributed by atoms with van der Waals surface area (Å²) in [6, 6.07) is 0.111. The van der Waals surface area contributed by atoms with Gasteiger partial charge in [-0.3, -0.25) is 4.79 Å². The first kappa shape index (κ1) is 13.8. The summed E-state index contributed by atoms with van der Waals surface area (Å²) in [4.78, 5) is 26.4. The zero-order chi connectivity index (χ0) is 13.2. The van der Waals surface area contributed by atoms with Gasteiger partial charge in [0.25, 0.3) is 0 Å². The van der Waals surface area contributed by atoms with Crippen molar-refractivity contribution >= 4 is 12.0 Å². The Morgan fingerprint density at radius 3 is 2.41 bits per heavy atom. The standard InChI is InChI=1S/C12H22N2O3/c1-9(15)13(5)10-6-7-14(8-10)11(16)17-12(2,3)4/h10H,6-8H2,1-5H3. The van der Waals surface area contributed by atoms with Crippen molar-refractivity contribution in [2.45, 2.75) is 45.8 Å². The van der Waals surface area contributed by atoms with Gasteiger partial charge in [0.2, 0.25) is 5.91 Å². The number of carbonyl (C=O) groups excluding carboxylic acids is 2. The van der Waals surface area contributed by atoms with Crippen molar-refractivity contribution in [3.63, 3.8) is 0 Å². The molecule has 1 atom stereocenters. The predicted molar refractivity (Wildman–Crippen MR) is 64.7 cm³/mol. The number of likely N-dealkylation sites (N-methyl/N-ethyl adjacent to an activating group) is 1. The van der Waals surface area contributed by atoms with Gasteiger partial charge in [0.05, 0.1) is 6.04 Å². The van der Waals surface area contributed by atoms with Gasteiger partial charge in [0, 0.05) is 27.1 Å². The van der Waals surface area contributed by atoms with E-state index < -0.39 is 5.60 Å². The Labute approximate surface area is 103 Å². The molecule has 5 nitrogen and oxygen atoms in total. The van der Waals surface area contributed by atoms with Crippen LogP contribution in [0, 0.1) is 0 Å². The first-order chi connectivity index (χ1) is 7.70. The number of hydrogen-bond acceptors (Lipinski definition) is 3. The SMILES string of the molecule is CC(=O)N(C)C1CCN(C(=O)OC(C)(C)C)C1. The molecule has 1 heterocycles. The fourth-order valence-electron chi connectivity index (χ4n) is 1.81. The van der Waals surface area contributed by atoms with Crippen molar-refractivity contribution in [3.05, 3.63) is 0 Å². The minimum absolute atomic E-state index is 0.0287. The normalized spacial score (nSPS) is 20.3. The largest absolute Gasteiger partial charge is 0.444 e. The van der Waals surface area contributed by atoms with Crippen molar-refractivity contribution in [1.29, 1.82) is 0 Å². The molecule has 5 heteroatoms. The van der Waals surface area contributed by atoms with E-state index in [0.717, 1.165) is 6.42 Å². The second-order valence-electron chi connectivity index (χ2n) is 5.50. The molecule has 17 heavy (non-hydrogen) atoms. The summed E-state index contributed by atoms with van der Waals surface area (Å²) in [6.45, 7) is 8.29. The lowest BCUT2D eigenvalue weighted by molar-refractivity contribution is -0.129. The molecular formula is C12H22N2O3. The predicted octanol–water partition coefficient (Wildman–Crippen LogP) is 1.47. The van der Waals surface area contributed by atoms with E-state index >= 15 is 0 Å². The molecule has 0 aromatic rings. The molecule has 0 N–H and O–H groups in total. The molecule has 2 amide bonds. The molecule has 1 rings (SSSR count). The van der Waals surface area contributed by atoms with Crippen LogP contribution in [0.2, 0.25) is 0 Å². The molecule has 0 radical (unpaired) electrons. The first-order valence-electron chi connectivity index (χ1n) is 5.92. The highest BCUT2D eigenvalue weighted by molar-refractivity contribution is 5.74. The Bertz CT molecular complexity index is 309. The van der Waals surface area contributed by atoms with Gasteiger partial charge >= 0.3 is 6.09 Å². The maximum absolute atomic E-state index is 11.8. The summed E-state index contributed by atoms with van der Waals surface area (Å²) in [6.07, 6.45) is 0.520. The second-order valence-corrected chi connectivity index (χ2v) is 5.50. The molecule has 0 saturated carbocycles. The van der Waals surface area contributed by atoms with Crippen LogP contribution in [0.4, 0.5) is 4.79 Å². The van der Waals surface area contributed by atoms with Crippen LogP contribution < -0.4 is 0 Å². The first-order valence-corrected chi connectivity index (χ1v) is 5.92. The maximum Gasteiger partial charge on any atom is 0.410 e. The topological polar surface area (TPSA) is 49.9 Å². The number of hydrogen-bond donors (Lipinski definition) is 0. The summed E-state index contributed by atoms with van der Waals surface area (Å²) < 4.78 is 5.29. The Morgan fingerprint density at radius 2 is 1.94 bits per heavy atom. The van der Waals surface area contributed by atoms with Crippen molar-refractivity contribution in [1.82, 2.24) is 9.80 Å². The quantitative estimate of drug-likeness (QED) is 0.699. The summed E-state index contributed by atoms with van der Waals surface area (Å²) in [5, 5.41) is 0. The molecule has 1 aliphatic rings. The summed E-state index contributed by atoms with van der Waals surface area (Å²) in [5.41, 5.74) is -0.471. The number of ether oxygens (including phenoxy) is 1. The van der Waals surface area contributed by atoms with Gasteiger partial charge in [0.1, 0.15) is 5.60 Å². The van der Waals surface area contributed by atoms with E-state index in [0.29, 0.717) is 13.1 Å². The van der Waals surface area contributed by atoms with Crippen LogP contribution in [-0.2, 0) is 9.53 Å². The van der Waals surface area contributed by atoms with Crippen LogP contribution in [0.1, 0.15) is 34.1 Å². The van der Waals surface area contributed by atoms with Crippen LogP contribution in [0.25, 0.3) is 0 Å². The average Bonchev–Trinajstić information content (AvgIpc) is 2.62. The average molecular weight is 242 g/mol. The molecule has 1 aliphatic heterocycles. The molecule has 1 saturated heterocycles. The summed E-state index contributed by atoms with van der Waals surface area (Å²) in [7, 11) is 1.77. The molecule has 0 aliphatic carbocycles. The van der Waals surface area contributed by atoms with Gasteiger partial charge in [-0.25, -0.2) is 4.79 Å². The molecule has 0 bridgehead atoms. The van der Waals surface area contributed by atoms with Crippen molar-refractivity contribution < 1.29 is 14.3 Å². The summed E-state index contributed by atoms with van der Waals surface area (Å²) in [5.74, 6) is 0.0287. The zero-order valence-electron chi connectivity index (χ0n) is 11.3. The van der Waals surface area contributed by atoms with Crippen molar-refractivity contribution in [2.24, 2.45) is 0 Å². The number of amides is 2. The summed E-state index contributed by atoms with van der Waals surface area (Å²) >= 11 is 0. The van der Waals surface area contributed by atoms with Gasteiger partial charge in [-0.1, -0.05) is 0 Å². The highest BCUT2D eigenvalue weighted by Gasteiger charge is 2.32. The van der Waals surface area contributed by atoms with E-state index in [2.05, 4.69) is 0 Å². The minimum Gasteiger partial charge on any atom is -0.444 e. The van der Waals surface area contributed by atoms with Crippen LogP contribution in [0.3, 0.4) is 0 Å². The third-order valence-corrected chi connectivity index (χ3v) is 2.86. The highest BCUT2D eigenvalue weighted by atomic mass is 16.6. The number of nitrogens with zero attached hydrogens (tertiary/aromatic N) is 2. The van der Waals surface area contributed by atoms with Crippen LogP contribution >= 0.6 is 0 Å². The van der Waals surface area contributed by atoms with Crippen LogP contribution in [0.5, 0.6) is 0 Å². The lowest BCUT2D eigenvalue weighted by atomic mass is 10.2. The smallest absolute Gasteiger partial charge is 0.410 e. The molecule has 98 valence electrons.